The van der Waals surface area contributed by atoms with Gasteiger partial charge in [0.15, 0.2) is 0 Å². The van der Waals surface area contributed by atoms with E-state index in [1.807, 2.05) is 20.8 Å². The zero-order chi connectivity index (χ0) is 18.4. The standard InChI is InChI=1S/C20H31N3O2/c1-5-12-23-13-6-7-16-14-15(8-9-17(16)23)10-11-21-18(24)19(25)22-20(2,3)4/h8-9,14H,5-7,10-13H2,1-4H3,(H,21,24)(H,22,25). The van der Waals surface area contributed by atoms with Gasteiger partial charge in [0.2, 0.25) is 0 Å². The van der Waals surface area contributed by atoms with Gasteiger partial charge in [0, 0.05) is 30.9 Å². The fraction of sp³-hybridized carbons (Fsp3) is 0.600. The Balaban J connectivity index is 1.88. The molecule has 0 spiro atoms. The van der Waals surface area contributed by atoms with E-state index < -0.39 is 17.4 Å². The Kier molecular flexibility index (Phi) is 6.45. The number of carbonyl (C=O) groups excluding carboxylic acids is 2. The molecule has 5 heteroatoms. The lowest BCUT2D eigenvalue weighted by molar-refractivity contribution is -0.140. The van der Waals surface area contributed by atoms with Gasteiger partial charge in [-0.25, -0.2) is 0 Å². The molecular formula is C20H31N3O2. The fourth-order valence-electron chi connectivity index (χ4n) is 3.18. The van der Waals surface area contributed by atoms with Crippen LogP contribution in [-0.2, 0) is 22.4 Å². The fourth-order valence-corrected chi connectivity index (χ4v) is 3.18. The number of nitrogens with one attached hydrogen (secondary N) is 2. The van der Waals surface area contributed by atoms with E-state index in [9.17, 15) is 9.59 Å². The Morgan fingerprint density at radius 1 is 1.20 bits per heavy atom. The van der Waals surface area contributed by atoms with Crippen molar-refractivity contribution in [2.75, 3.05) is 24.5 Å². The van der Waals surface area contributed by atoms with Gasteiger partial charge in [-0.3, -0.25) is 9.59 Å². The molecule has 1 aliphatic rings. The topological polar surface area (TPSA) is 61.4 Å². The SMILES string of the molecule is CCCN1CCCc2cc(CCNC(=O)C(=O)NC(C)(C)C)ccc21. The highest BCUT2D eigenvalue weighted by molar-refractivity contribution is 6.35. The van der Waals surface area contributed by atoms with Crippen molar-refractivity contribution in [3.63, 3.8) is 0 Å². The molecule has 2 amide bonds. The summed E-state index contributed by atoms with van der Waals surface area (Å²) in [4.78, 5) is 26.0. The highest BCUT2D eigenvalue weighted by Crippen LogP contribution is 2.28. The molecule has 0 fully saturated rings. The van der Waals surface area contributed by atoms with Crippen LogP contribution in [0.15, 0.2) is 18.2 Å². The molecular weight excluding hydrogens is 314 g/mol. The van der Waals surface area contributed by atoms with E-state index in [1.54, 1.807) is 0 Å². The number of fused-ring (bicyclic) bond motifs is 1. The highest BCUT2D eigenvalue weighted by Gasteiger charge is 2.20. The first kappa shape index (κ1) is 19.3. The van der Waals surface area contributed by atoms with Crippen LogP contribution in [0, 0.1) is 0 Å². The summed E-state index contributed by atoms with van der Waals surface area (Å²) in [5.74, 6) is -1.14. The number of hydrogen-bond donors (Lipinski definition) is 2. The minimum Gasteiger partial charge on any atom is -0.371 e. The summed E-state index contributed by atoms with van der Waals surface area (Å²) in [7, 11) is 0. The highest BCUT2D eigenvalue weighted by atomic mass is 16.2. The maximum Gasteiger partial charge on any atom is 0.309 e. The molecule has 138 valence electrons. The summed E-state index contributed by atoms with van der Waals surface area (Å²) in [6, 6.07) is 6.58. The molecule has 5 nitrogen and oxygen atoms in total. The maximum atomic E-state index is 11.8. The Morgan fingerprint density at radius 3 is 2.64 bits per heavy atom. The van der Waals surface area contributed by atoms with Crippen molar-refractivity contribution < 1.29 is 9.59 Å². The first-order valence-corrected chi connectivity index (χ1v) is 9.27. The molecule has 0 unspecified atom stereocenters. The predicted molar refractivity (Wildman–Crippen MR) is 102 cm³/mol. The average Bonchev–Trinajstić information content (AvgIpc) is 2.53. The van der Waals surface area contributed by atoms with Gasteiger partial charge >= 0.3 is 11.8 Å². The summed E-state index contributed by atoms with van der Waals surface area (Å²) >= 11 is 0. The van der Waals surface area contributed by atoms with Gasteiger partial charge in [0.1, 0.15) is 0 Å². The molecule has 0 radical (unpaired) electrons. The van der Waals surface area contributed by atoms with Crippen molar-refractivity contribution >= 4 is 17.5 Å². The minimum absolute atomic E-state index is 0.405. The largest absolute Gasteiger partial charge is 0.371 e. The molecule has 25 heavy (non-hydrogen) atoms. The number of amides is 2. The number of anilines is 1. The Labute approximate surface area is 151 Å². The molecule has 0 aromatic heterocycles. The van der Waals surface area contributed by atoms with Crippen molar-refractivity contribution in [3.05, 3.63) is 29.3 Å². The number of aryl methyl sites for hydroxylation is 1. The number of carbonyl (C=O) groups is 2. The average molecular weight is 345 g/mol. The van der Waals surface area contributed by atoms with E-state index in [-0.39, 0.29) is 0 Å². The Hall–Kier alpha value is -2.04. The van der Waals surface area contributed by atoms with E-state index in [1.165, 1.54) is 23.2 Å². The van der Waals surface area contributed by atoms with E-state index in [0.717, 1.165) is 32.4 Å². The summed E-state index contributed by atoms with van der Waals surface area (Å²) in [6.07, 6.45) is 4.20. The lowest BCUT2D eigenvalue weighted by Gasteiger charge is -2.31. The van der Waals surface area contributed by atoms with Crippen molar-refractivity contribution in [2.45, 2.75) is 58.9 Å². The van der Waals surface area contributed by atoms with E-state index in [2.05, 4.69) is 40.7 Å². The van der Waals surface area contributed by atoms with Gasteiger partial charge in [-0.1, -0.05) is 19.1 Å². The first-order chi connectivity index (χ1) is 11.8. The molecule has 0 saturated carbocycles. The van der Waals surface area contributed by atoms with Crippen molar-refractivity contribution in [3.8, 4) is 0 Å². The van der Waals surface area contributed by atoms with Gasteiger partial charge in [-0.15, -0.1) is 0 Å². The summed E-state index contributed by atoms with van der Waals surface area (Å²) in [5, 5.41) is 5.37. The lowest BCUT2D eigenvalue weighted by Crippen LogP contribution is -2.48. The molecule has 0 bridgehead atoms. The second-order valence-corrected chi connectivity index (χ2v) is 7.76. The molecule has 1 aliphatic heterocycles. The minimum atomic E-state index is -0.576. The second kappa shape index (κ2) is 8.37. The van der Waals surface area contributed by atoms with Gasteiger partial charge < -0.3 is 15.5 Å². The Morgan fingerprint density at radius 2 is 1.96 bits per heavy atom. The smallest absolute Gasteiger partial charge is 0.309 e. The zero-order valence-electron chi connectivity index (χ0n) is 15.9. The molecule has 1 aromatic rings. The van der Waals surface area contributed by atoms with Crippen molar-refractivity contribution in [1.82, 2.24) is 10.6 Å². The summed E-state index contributed by atoms with van der Waals surface area (Å²) in [6.45, 7) is 10.5. The summed E-state index contributed by atoms with van der Waals surface area (Å²) in [5.41, 5.74) is 3.55. The van der Waals surface area contributed by atoms with Crippen LogP contribution < -0.4 is 15.5 Å². The number of hydrogen-bond acceptors (Lipinski definition) is 3. The van der Waals surface area contributed by atoms with Gasteiger partial charge in [-0.2, -0.15) is 0 Å². The molecule has 0 aliphatic carbocycles. The van der Waals surface area contributed by atoms with E-state index in [0.29, 0.717) is 6.54 Å². The van der Waals surface area contributed by atoms with Crippen LogP contribution in [0.5, 0.6) is 0 Å². The molecule has 0 saturated heterocycles. The number of nitrogens with zero attached hydrogens (tertiary/aromatic N) is 1. The molecule has 0 atom stereocenters. The van der Waals surface area contributed by atoms with Crippen LogP contribution in [0.4, 0.5) is 5.69 Å². The lowest BCUT2D eigenvalue weighted by atomic mass is 9.98. The van der Waals surface area contributed by atoms with Crippen LogP contribution in [0.25, 0.3) is 0 Å². The monoisotopic (exact) mass is 345 g/mol. The van der Waals surface area contributed by atoms with E-state index >= 15 is 0 Å². The van der Waals surface area contributed by atoms with Crippen LogP contribution >= 0.6 is 0 Å². The van der Waals surface area contributed by atoms with Crippen molar-refractivity contribution in [1.29, 1.82) is 0 Å². The van der Waals surface area contributed by atoms with Crippen LogP contribution in [0.2, 0.25) is 0 Å². The van der Waals surface area contributed by atoms with Gasteiger partial charge in [-0.05, 0) is 63.6 Å². The second-order valence-electron chi connectivity index (χ2n) is 7.76. The first-order valence-electron chi connectivity index (χ1n) is 9.27. The third-order valence-corrected chi connectivity index (χ3v) is 4.25. The van der Waals surface area contributed by atoms with Crippen molar-refractivity contribution in [2.24, 2.45) is 0 Å². The van der Waals surface area contributed by atoms with Gasteiger partial charge in [0.25, 0.3) is 0 Å². The number of benzene rings is 1. The molecule has 2 N–H and O–H groups in total. The number of rotatable bonds is 5. The van der Waals surface area contributed by atoms with Crippen LogP contribution in [-0.4, -0.2) is 37.0 Å². The normalized spacial score (nSPS) is 14.0. The quantitative estimate of drug-likeness (QED) is 0.806. The molecule has 2 rings (SSSR count). The zero-order valence-corrected chi connectivity index (χ0v) is 15.9. The third-order valence-electron chi connectivity index (χ3n) is 4.25. The maximum absolute atomic E-state index is 11.8. The molecule has 1 aromatic carbocycles. The predicted octanol–water partition coefficient (Wildman–Crippen LogP) is 2.42. The van der Waals surface area contributed by atoms with Gasteiger partial charge in [0.05, 0.1) is 0 Å². The van der Waals surface area contributed by atoms with E-state index in [4.69, 9.17) is 0 Å². The van der Waals surface area contributed by atoms with Crippen LogP contribution in [0.1, 0.15) is 51.7 Å². The van der Waals surface area contributed by atoms with Crippen LogP contribution in [0.3, 0.4) is 0 Å². The summed E-state index contributed by atoms with van der Waals surface area (Å²) < 4.78 is 0. The Bertz CT molecular complexity index is 620. The molecule has 1 heterocycles. The third kappa shape index (κ3) is 5.76.